The van der Waals surface area contributed by atoms with Gasteiger partial charge in [-0.2, -0.15) is 0 Å². The van der Waals surface area contributed by atoms with Gasteiger partial charge in [-0.3, -0.25) is 9.59 Å². The number of rotatable bonds is 5. The van der Waals surface area contributed by atoms with Gasteiger partial charge < -0.3 is 9.72 Å². The molecule has 0 fully saturated rings. The summed E-state index contributed by atoms with van der Waals surface area (Å²) in [5.74, 6) is 0.180. The molecule has 1 aliphatic rings. The molecule has 0 aliphatic heterocycles. The molecule has 0 saturated carbocycles. The second kappa shape index (κ2) is 8.05. The number of thiophene rings is 1. The van der Waals surface area contributed by atoms with Crippen LogP contribution in [0.4, 0.5) is 0 Å². The van der Waals surface area contributed by atoms with E-state index in [9.17, 15) is 9.59 Å². The number of hydrogen-bond acceptors (Lipinski definition) is 5. The van der Waals surface area contributed by atoms with E-state index >= 15 is 0 Å². The SMILES string of the molecule is C[C@@H](OC(=O)CCc1nc2sc3c(c2c(=O)[nH]1)CCCC3)c1ccccc1Cl. The predicted octanol–water partition coefficient (Wildman–Crippen LogP) is 4.75. The van der Waals surface area contributed by atoms with Gasteiger partial charge in [-0.05, 0) is 44.2 Å². The summed E-state index contributed by atoms with van der Waals surface area (Å²) in [6.45, 7) is 1.79. The molecule has 1 aliphatic carbocycles. The monoisotopic (exact) mass is 416 g/mol. The average Bonchev–Trinajstić information content (AvgIpc) is 3.05. The maximum Gasteiger partial charge on any atom is 0.306 e. The summed E-state index contributed by atoms with van der Waals surface area (Å²) in [6.07, 6.45) is 4.31. The minimum absolute atomic E-state index is 0.0998. The fourth-order valence-electron chi connectivity index (χ4n) is 3.67. The first-order chi connectivity index (χ1) is 13.5. The molecule has 5 nitrogen and oxygen atoms in total. The van der Waals surface area contributed by atoms with E-state index in [1.807, 2.05) is 18.2 Å². The van der Waals surface area contributed by atoms with Crippen LogP contribution in [0.5, 0.6) is 0 Å². The standard InChI is InChI=1S/C21H21ClN2O3S/c1-12(13-6-2-4-8-15(13)22)27-18(25)11-10-17-23-20(26)19-14-7-3-5-9-16(14)28-21(19)24-17/h2,4,6,8,12H,3,5,7,9-11H2,1H3,(H,23,24,26)/t12-/m1/s1. The highest BCUT2D eigenvalue weighted by atomic mass is 35.5. The van der Waals surface area contributed by atoms with Crippen LogP contribution < -0.4 is 5.56 Å². The number of fused-ring (bicyclic) bond motifs is 3. The summed E-state index contributed by atoms with van der Waals surface area (Å²) in [4.78, 5) is 34.3. The Balaban J connectivity index is 1.44. The van der Waals surface area contributed by atoms with E-state index in [4.69, 9.17) is 16.3 Å². The number of esters is 1. The fourth-order valence-corrected chi connectivity index (χ4v) is 5.24. The van der Waals surface area contributed by atoms with Crippen molar-refractivity contribution in [2.45, 2.75) is 51.6 Å². The molecule has 0 bridgehead atoms. The molecule has 3 aromatic rings. The fraction of sp³-hybridized carbons (Fsp3) is 0.381. The second-order valence-electron chi connectivity index (χ2n) is 7.06. The zero-order chi connectivity index (χ0) is 19.7. The Hall–Kier alpha value is -2.18. The van der Waals surface area contributed by atoms with Gasteiger partial charge in [0.2, 0.25) is 0 Å². The van der Waals surface area contributed by atoms with E-state index in [0.717, 1.165) is 35.0 Å². The van der Waals surface area contributed by atoms with Crippen LogP contribution in [0.25, 0.3) is 10.2 Å². The highest BCUT2D eigenvalue weighted by molar-refractivity contribution is 7.18. The Bertz CT molecular complexity index is 1090. The van der Waals surface area contributed by atoms with Crippen molar-refractivity contribution >= 4 is 39.1 Å². The number of aryl methyl sites for hydroxylation is 3. The Morgan fingerprint density at radius 3 is 2.93 bits per heavy atom. The number of nitrogens with zero attached hydrogens (tertiary/aromatic N) is 1. The molecule has 1 atom stereocenters. The van der Waals surface area contributed by atoms with Crippen molar-refractivity contribution in [3.8, 4) is 0 Å². The molecule has 2 heterocycles. The van der Waals surface area contributed by atoms with E-state index in [1.165, 1.54) is 16.9 Å². The van der Waals surface area contributed by atoms with E-state index < -0.39 is 6.10 Å². The van der Waals surface area contributed by atoms with Gasteiger partial charge in [0.05, 0.1) is 11.8 Å². The van der Waals surface area contributed by atoms with E-state index in [-0.39, 0.29) is 17.9 Å². The number of aromatic nitrogens is 2. The van der Waals surface area contributed by atoms with Crippen LogP contribution in [-0.4, -0.2) is 15.9 Å². The Kier molecular flexibility index (Phi) is 5.51. The van der Waals surface area contributed by atoms with Crippen molar-refractivity contribution in [3.05, 3.63) is 61.5 Å². The highest BCUT2D eigenvalue weighted by Crippen LogP contribution is 2.33. The number of H-pyrrole nitrogens is 1. The number of benzene rings is 1. The topological polar surface area (TPSA) is 72.0 Å². The summed E-state index contributed by atoms with van der Waals surface area (Å²) in [5, 5.41) is 1.30. The second-order valence-corrected chi connectivity index (χ2v) is 8.55. The van der Waals surface area contributed by atoms with Crippen LogP contribution in [0.2, 0.25) is 5.02 Å². The number of ether oxygens (including phenoxy) is 1. The van der Waals surface area contributed by atoms with Crippen LogP contribution in [0, 0.1) is 0 Å². The van der Waals surface area contributed by atoms with Crippen LogP contribution >= 0.6 is 22.9 Å². The number of aromatic amines is 1. The molecule has 7 heteroatoms. The lowest BCUT2D eigenvalue weighted by Crippen LogP contribution is -2.15. The zero-order valence-corrected chi connectivity index (χ0v) is 17.2. The van der Waals surface area contributed by atoms with E-state index in [2.05, 4.69) is 9.97 Å². The Morgan fingerprint density at radius 1 is 1.32 bits per heavy atom. The number of halogens is 1. The third-order valence-corrected chi connectivity index (χ3v) is 6.62. The number of carbonyl (C=O) groups excluding carboxylic acids is 1. The quantitative estimate of drug-likeness (QED) is 0.609. The summed E-state index contributed by atoms with van der Waals surface area (Å²) in [5.41, 5.74) is 1.84. The number of nitrogens with one attached hydrogen (secondary N) is 1. The molecule has 1 N–H and O–H groups in total. The largest absolute Gasteiger partial charge is 0.458 e. The highest BCUT2D eigenvalue weighted by Gasteiger charge is 2.20. The number of hydrogen-bond donors (Lipinski definition) is 1. The normalized spacial score (nSPS) is 14.6. The lowest BCUT2D eigenvalue weighted by molar-refractivity contribution is -0.148. The molecular formula is C21H21ClN2O3S. The maximum absolute atomic E-state index is 12.6. The van der Waals surface area contributed by atoms with Crippen molar-refractivity contribution in [2.24, 2.45) is 0 Å². The van der Waals surface area contributed by atoms with Crippen molar-refractivity contribution in [1.82, 2.24) is 9.97 Å². The van der Waals surface area contributed by atoms with Crippen LogP contribution in [0.1, 0.15) is 54.1 Å². The summed E-state index contributed by atoms with van der Waals surface area (Å²) >= 11 is 7.76. The van der Waals surface area contributed by atoms with E-state index in [1.54, 1.807) is 24.3 Å². The van der Waals surface area contributed by atoms with Crippen LogP contribution in [-0.2, 0) is 28.8 Å². The van der Waals surface area contributed by atoms with Crippen molar-refractivity contribution in [1.29, 1.82) is 0 Å². The molecule has 0 spiro atoms. The van der Waals surface area contributed by atoms with Gasteiger partial charge in [-0.1, -0.05) is 29.8 Å². The third-order valence-electron chi connectivity index (χ3n) is 5.09. The van der Waals surface area contributed by atoms with Gasteiger partial charge in [0.1, 0.15) is 16.8 Å². The van der Waals surface area contributed by atoms with Crippen LogP contribution in [0.15, 0.2) is 29.1 Å². The third kappa shape index (κ3) is 3.84. The van der Waals surface area contributed by atoms with Gasteiger partial charge in [0.15, 0.2) is 0 Å². The summed E-state index contributed by atoms with van der Waals surface area (Å²) in [6, 6.07) is 7.30. The van der Waals surface area contributed by atoms with E-state index in [0.29, 0.717) is 17.3 Å². The first-order valence-electron chi connectivity index (χ1n) is 9.50. The molecule has 0 unspecified atom stereocenters. The molecule has 0 radical (unpaired) electrons. The summed E-state index contributed by atoms with van der Waals surface area (Å²) in [7, 11) is 0. The van der Waals surface area contributed by atoms with Gasteiger partial charge in [0.25, 0.3) is 5.56 Å². The molecule has 1 aromatic carbocycles. The van der Waals surface area contributed by atoms with Crippen molar-refractivity contribution < 1.29 is 9.53 Å². The van der Waals surface area contributed by atoms with Gasteiger partial charge in [-0.25, -0.2) is 4.98 Å². The zero-order valence-electron chi connectivity index (χ0n) is 15.6. The molecular weight excluding hydrogens is 396 g/mol. The van der Waals surface area contributed by atoms with Crippen molar-refractivity contribution in [3.63, 3.8) is 0 Å². The van der Waals surface area contributed by atoms with Crippen LogP contribution in [0.3, 0.4) is 0 Å². The van der Waals surface area contributed by atoms with Crippen molar-refractivity contribution in [2.75, 3.05) is 0 Å². The first-order valence-corrected chi connectivity index (χ1v) is 10.7. The molecule has 2 aromatic heterocycles. The van der Waals surface area contributed by atoms with Gasteiger partial charge in [0, 0.05) is 21.9 Å². The minimum Gasteiger partial charge on any atom is -0.458 e. The Labute approximate surface area is 171 Å². The Morgan fingerprint density at radius 2 is 2.11 bits per heavy atom. The van der Waals surface area contributed by atoms with Gasteiger partial charge in [-0.15, -0.1) is 11.3 Å². The summed E-state index contributed by atoms with van der Waals surface area (Å²) < 4.78 is 5.48. The molecule has 0 saturated heterocycles. The minimum atomic E-state index is -0.431. The predicted molar refractivity (Wildman–Crippen MR) is 111 cm³/mol. The molecule has 28 heavy (non-hydrogen) atoms. The average molecular weight is 417 g/mol. The lowest BCUT2D eigenvalue weighted by Gasteiger charge is -2.14. The maximum atomic E-state index is 12.6. The van der Waals surface area contributed by atoms with Gasteiger partial charge >= 0.3 is 5.97 Å². The first kappa shape index (κ1) is 19.2. The molecule has 146 valence electrons. The molecule has 4 rings (SSSR count). The smallest absolute Gasteiger partial charge is 0.306 e. The number of carbonyl (C=O) groups is 1. The lowest BCUT2D eigenvalue weighted by atomic mass is 9.97. The molecule has 0 amide bonds.